The van der Waals surface area contributed by atoms with E-state index in [0.29, 0.717) is 18.1 Å². The molecule has 0 N–H and O–H groups in total. The van der Waals surface area contributed by atoms with E-state index in [1.807, 2.05) is 30.5 Å². The van der Waals surface area contributed by atoms with Crippen molar-refractivity contribution in [2.24, 2.45) is 0 Å². The van der Waals surface area contributed by atoms with Crippen molar-refractivity contribution in [2.75, 3.05) is 7.05 Å². The lowest BCUT2D eigenvalue weighted by molar-refractivity contribution is 0.0603. The van der Waals surface area contributed by atoms with E-state index in [2.05, 4.69) is 21.9 Å². The molecule has 1 aromatic heterocycles. The number of ether oxygens (including phenoxy) is 1. The number of fused-ring (bicyclic) bond motifs is 3. The zero-order chi connectivity index (χ0) is 13.5. The number of rotatable bonds is 2. The molecule has 4 rings (SSSR count). The summed E-state index contributed by atoms with van der Waals surface area (Å²) in [6.07, 6.45) is 6.93. The maximum atomic E-state index is 6.04. The number of hydrogen-bond acceptors (Lipinski definition) is 4. The first-order chi connectivity index (χ1) is 9.79. The van der Waals surface area contributed by atoms with Crippen LogP contribution in [0.4, 0.5) is 0 Å². The molecule has 3 heterocycles. The first-order valence-corrected chi connectivity index (χ1v) is 7.40. The Labute approximate surface area is 118 Å². The molecule has 0 amide bonds. The maximum absolute atomic E-state index is 6.04. The van der Waals surface area contributed by atoms with Gasteiger partial charge in [0.15, 0.2) is 0 Å². The van der Waals surface area contributed by atoms with E-state index in [4.69, 9.17) is 4.74 Å². The van der Waals surface area contributed by atoms with Crippen LogP contribution in [0.1, 0.15) is 25.7 Å². The van der Waals surface area contributed by atoms with Crippen molar-refractivity contribution >= 4 is 10.9 Å². The lowest BCUT2D eigenvalue weighted by atomic mass is 10.0. The second-order valence-corrected chi connectivity index (χ2v) is 5.97. The van der Waals surface area contributed by atoms with E-state index >= 15 is 0 Å². The molecule has 2 bridgehead atoms. The Balaban J connectivity index is 1.53. The van der Waals surface area contributed by atoms with Crippen LogP contribution >= 0.6 is 0 Å². The SMILES string of the molecule is CN1[C@@H]2CC[C@H]1CC(Oc1ncc3ccccc3n1)C2. The Bertz CT molecular complexity index is 616. The molecule has 1 aromatic carbocycles. The third kappa shape index (κ3) is 2.04. The maximum Gasteiger partial charge on any atom is 0.317 e. The third-order valence-corrected chi connectivity index (χ3v) is 4.79. The lowest BCUT2D eigenvalue weighted by Crippen LogP contribution is -2.44. The van der Waals surface area contributed by atoms with E-state index in [0.717, 1.165) is 23.7 Å². The number of piperidine rings is 1. The average molecular weight is 269 g/mol. The van der Waals surface area contributed by atoms with Gasteiger partial charge in [0.1, 0.15) is 6.10 Å². The topological polar surface area (TPSA) is 38.2 Å². The summed E-state index contributed by atoms with van der Waals surface area (Å²) >= 11 is 0. The summed E-state index contributed by atoms with van der Waals surface area (Å²) < 4.78 is 6.04. The molecule has 2 saturated heterocycles. The highest BCUT2D eigenvalue weighted by Crippen LogP contribution is 2.35. The summed E-state index contributed by atoms with van der Waals surface area (Å²) in [6.45, 7) is 0. The van der Waals surface area contributed by atoms with Crippen molar-refractivity contribution < 1.29 is 4.74 Å². The molecule has 2 aliphatic rings. The molecule has 3 atom stereocenters. The van der Waals surface area contributed by atoms with Crippen molar-refractivity contribution in [1.82, 2.24) is 14.9 Å². The van der Waals surface area contributed by atoms with Gasteiger partial charge in [-0.1, -0.05) is 18.2 Å². The molecular weight excluding hydrogens is 250 g/mol. The van der Waals surface area contributed by atoms with Crippen molar-refractivity contribution in [3.05, 3.63) is 30.5 Å². The summed E-state index contributed by atoms with van der Waals surface area (Å²) in [4.78, 5) is 11.4. The molecule has 0 aliphatic carbocycles. The summed E-state index contributed by atoms with van der Waals surface area (Å²) in [6, 6.07) is 9.91. The molecule has 0 radical (unpaired) electrons. The van der Waals surface area contributed by atoms with Crippen LogP contribution in [0, 0.1) is 0 Å². The van der Waals surface area contributed by atoms with Gasteiger partial charge < -0.3 is 9.64 Å². The zero-order valence-corrected chi connectivity index (χ0v) is 11.7. The Hall–Kier alpha value is -1.68. The van der Waals surface area contributed by atoms with Gasteiger partial charge in [-0.25, -0.2) is 4.98 Å². The minimum atomic E-state index is 0.268. The van der Waals surface area contributed by atoms with Gasteiger partial charge in [0, 0.05) is 36.5 Å². The molecule has 104 valence electrons. The monoisotopic (exact) mass is 269 g/mol. The van der Waals surface area contributed by atoms with Gasteiger partial charge >= 0.3 is 6.01 Å². The van der Waals surface area contributed by atoms with Gasteiger partial charge in [-0.15, -0.1) is 0 Å². The van der Waals surface area contributed by atoms with Crippen LogP contribution in [0.3, 0.4) is 0 Å². The Morgan fingerprint density at radius 1 is 1.15 bits per heavy atom. The Morgan fingerprint density at radius 3 is 2.70 bits per heavy atom. The van der Waals surface area contributed by atoms with Crippen LogP contribution in [0.2, 0.25) is 0 Å². The fourth-order valence-corrected chi connectivity index (χ4v) is 3.62. The molecule has 2 aromatic rings. The van der Waals surface area contributed by atoms with Crippen LogP contribution in [-0.2, 0) is 0 Å². The van der Waals surface area contributed by atoms with Gasteiger partial charge in [0.05, 0.1) is 5.52 Å². The normalized spacial score (nSPS) is 29.8. The number of benzene rings is 1. The fraction of sp³-hybridized carbons (Fsp3) is 0.500. The molecule has 1 unspecified atom stereocenters. The van der Waals surface area contributed by atoms with Crippen LogP contribution < -0.4 is 4.74 Å². The minimum absolute atomic E-state index is 0.268. The van der Waals surface area contributed by atoms with Crippen molar-refractivity contribution in [3.8, 4) is 6.01 Å². The molecule has 2 fully saturated rings. The molecule has 20 heavy (non-hydrogen) atoms. The summed E-state index contributed by atoms with van der Waals surface area (Å²) in [5, 5.41) is 1.06. The smallest absolute Gasteiger partial charge is 0.317 e. The summed E-state index contributed by atoms with van der Waals surface area (Å²) in [7, 11) is 2.24. The van der Waals surface area contributed by atoms with Crippen molar-refractivity contribution in [2.45, 2.75) is 43.9 Å². The fourth-order valence-electron chi connectivity index (χ4n) is 3.62. The minimum Gasteiger partial charge on any atom is -0.460 e. The predicted octanol–water partition coefficient (Wildman–Crippen LogP) is 2.63. The molecular formula is C16H19N3O. The highest BCUT2D eigenvalue weighted by atomic mass is 16.5. The second kappa shape index (κ2) is 4.70. The first-order valence-electron chi connectivity index (χ1n) is 7.40. The highest BCUT2D eigenvalue weighted by Gasteiger charge is 2.39. The van der Waals surface area contributed by atoms with Gasteiger partial charge in [0.25, 0.3) is 0 Å². The van der Waals surface area contributed by atoms with E-state index in [-0.39, 0.29) is 6.10 Å². The Morgan fingerprint density at radius 2 is 1.90 bits per heavy atom. The average Bonchev–Trinajstić information content (AvgIpc) is 2.70. The summed E-state index contributed by atoms with van der Waals surface area (Å²) in [5.74, 6) is 0. The highest BCUT2D eigenvalue weighted by molar-refractivity contribution is 5.77. The predicted molar refractivity (Wildman–Crippen MR) is 77.8 cm³/mol. The number of nitrogens with zero attached hydrogens (tertiary/aromatic N) is 3. The van der Waals surface area contributed by atoms with Crippen molar-refractivity contribution in [1.29, 1.82) is 0 Å². The molecule has 0 spiro atoms. The number of aromatic nitrogens is 2. The van der Waals surface area contributed by atoms with Crippen LogP contribution in [0.5, 0.6) is 6.01 Å². The number of para-hydroxylation sites is 1. The van der Waals surface area contributed by atoms with E-state index in [9.17, 15) is 0 Å². The molecule has 0 saturated carbocycles. The van der Waals surface area contributed by atoms with Gasteiger partial charge in [-0.3, -0.25) is 0 Å². The van der Waals surface area contributed by atoms with Gasteiger partial charge in [0.2, 0.25) is 0 Å². The zero-order valence-electron chi connectivity index (χ0n) is 11.7. The van der Waals surface area contributed by atoms with E-state index in [1.165, 1.54) is 12.8 Å². The first kappa shape index (κ1) is 12.1. The number of hydrogen-bond donors (Lipinski definition) is 0. The van der Waals surface area contributed by atoms with Crippen LogP contribution in [0.15, 0.2) is 30.5 Å². The molecule has 4 heteroatoms. The quantitative estimate of drug-likeness (QED) is 0.840. The largest absolute Gasteiger partial charge is 0.460 e. The summed E-state index contributed by atoms with van der Waals surface area (Å²) in [5.41, 5.74) is 0.952. The second-order valence-electron chi connectivity index (χ2n) is 5.97. The van der Waals surface area contributed by atoms with Gasteiger partial charge in [-0.2, -0.15) is 4.98 Å². The van der Waals surface area contributed by atoms with Crippen molar-refractivity contribution in [3.63, 3.8) is 0 Å². The van der Waals surface area contributed by atoms with E-state index < -0.39 is 0 Å². The molecule has 4 nitrogen and oxygen atoms in total. The van der Waals surface area contributed by atoms with Gasteiger partial charge in [-0.05, 0) is 26.0 Å². The van der Waals surface area contributed by atoms with Crippen LogP contribution in [0.25, 0.3) is 10.9 Å². The Kier molecular flexibility index (Phi) is 2.84. The van der Waals surface area contributed by atoms with E-state index in [1.54, 1.807) is 0 Å². The lowest BCUT2D eigenvalue weighted by Gasteiger charge is -2.35. The van der Waals surface area contributed by atoms with Crippen LogP contribution in [-0.4, -0.2) is 40.1 Å². The molecule has 2 aliphatic heterocycles. The standard InChI is InChI=1S/C16H19N3O/c1-19-12-6-7-13(19)9-14(8-12)20-16-17-10-11-4-2-3-5-15(11)18-16/h2-5,10,12-14H,6-9H2,1H3/t12-,13+,14?. The third-order valence-electron chi connectivity index (χ3n) is 4.79.